The standard InChI is InChI=1S/C14H13BrClFN2/c15-9-5-6-12(17)10(7-9)14(8-18)19-13-4-2-1-3-11(13)16/h1-7,14,19H,8,18H2. The van der Waals surface area contributed by atoms with Crippen LogP contribution >= 0.6 is 27.5 Å². The highest BCUT2D eigenvalue weighted by molar-refractivity contribution is 9.10. The Morgan fingerprint density at radius 3 is 2.68 bits per heavy atom. The van der Waals surface area contributed by atoms with Crippen LogP contribution in [0.3, 0.4) is 0 Å². The van der Waals surface area contributed by atoms with E-state index in [1.54, 1.807) is 18.2 Å². The van der Waals surface area contributed by atoms with Crippen LogP contribution in [0.4, 0.5) is 10.1 Å². The number of para-hydroxylation sites is 1. The Hall–Kier alpha value is -1.10. The number of nitrogens with two attached hydrogens (primary N) is 1. The highest BCUT2D eigenvalue weighted by Crippen LogP contribution is 2.28. The van der Waals surface area contributed by atoms with Crippen LogP contribution in [0.15, 0.2) is 46.9 Å². The lowest BCUT2D eigenvalue weighted by Gasteiger charge is -2.20. The zero-order valence-electron chi connectivity index (χ0n) is 10.0. The molecule has 0 bridgehead atoms. The first-order chi connectivity index (χ1) is 9.11. The van der Waals surface area contributed by atoms with Crippen molar-refractivity contribution in [1.82, 2.24) is 0 Å². The Balaban J connectivity index is 2.30. The second-order valence-electron chi connectivity index (χ2n) is 4.08. The summed E-state index contributed by atoms with van der Waals surface area (Å²) in [7, 11) is 0. The topological polar surface area (TPSA) is 38.0 Å². The molecule has 0 saturated heterocycles. The molecule has 0 radical (unpaired) electrons. The fourth-order valence-corrected chi connectivity index (χ4v) is 2.38. The van der Waals surface area contributed by atoms with E-state index in [4.69, 9.17) is 17.3 Å². The lowest BCUT2D eigenvalue weighted by Crippen LogP contribution is -2.21. The SMILES string of the molecule is NCC(Nc1ccccc1Cl)c1cc(Br)ccc1F. The molecule has 0 aromatic heterocycles. The van der Waals surface area contributed by atoms with E-state index in [1.807, 2.05) is 18.2 Å². The first-order valence-electron chi connectivity index (χ1n) is 5.78. The van der Waals surface area contributed by atoms with E-state index in [9.17, 15) is 4.39 Å². The third kappa shape index (κ3) is 3.47. The van der Waals surface area contributed by atoms with E-state index in [1.165, 1.54) is 6.07 Å². The minimum atomic E-state index is -0.336. The van der Waals surface area contributed by atoms with Crippen molar-refractivity contribution in [3.05, 3.63) is 63.3 Å². The summed E-state index contributed by atoms with van der Waals surface area (Å²) < 4.78 is 14.7. The molecule has 1 atom stereocenters. The molecule has 2 aromatic carbocycles. The van der Waals surface area contributed by atoms with Crippen molar-refractivity contribution in [1.29, 1.82) is 0 Å². The normalized spacial score (nSPS) is 12.2. The molecule has 2 aromatic rings. The highest BCUT2D eigenvalue weighted by Gasteiger charge is 2.15. The molecule has 19 heavy (non-hydrogen) atoms. The quantitative estimate of drug-likeness (QED) is 0.866. The number of hydrogen-bond acceptors (Lipinski definition) is 2. The Kier molecular flexibility index (Phi) is 4.80. The van der Waals surface area contributed by atoms with Gasteiger partial charge in [-0.1, -0.05) is 39.7 Å². The van der Waals surface area contributed by atoms with Crippen molar-refractivity contribution in [2.45, 2.75) is 6.04 Å². The van der Waals surface area contributed by atoms with E-state index < -0.39 is 0 Å². The van der Waals surface area contributed by atoms with Gasteiger partial charge >= 0.3 is 0 Å². The average Bonchev–Trinajstić information content (AvgIpc) is 2.41. The van der Waals surface area contributed by atoms with Crippen molar-refractivity contribution < 1.29 is 4.39 Å². The van der Waals surface area contributed by atoms with Gasteiger partial charge in [0.2, 0.25) is 0 Å². The van der Waals surface area contributed by atoms with Crippen LogP contribution in [0, 0.1) is 5.82 Å². The lowest BCUT2D eigenvalue weighted by molar-refractivity contribution is 0.593. The predicted octanol–water partition coefficient (Wildman–Crippen LogP) is 4.35. The van der Waals surface area contributed by atoms with Gasteiger partial charge in [-0.3, -0.25) is 0 Å². The molecule has 100 valence electrons. The predicted molar refractivity (Wildman–Crippen MR) is 81.0 cm³/mol. The van der Waals surface area contributed by atoms with Crippen LogP contribution in [0.1, 0.15) is 11.6 Å². The summed E-state index contributed by atoms with van der Waals surface area (Å²) in [5.74, 6) is -0.293. The number of benzene rings is 2. The van der Waals surface area contributed by atoms with Crippen molar-refractivity contribution >= 4 is 33.2 Å². The molecule has 1 unspecified atom stereocenters. The van der Waals surface area contributed by atoms with Gasteiger partial charge in [0.15, 0.2) is 0 Å². The van der Waals surface area contributed by atoms with Gasteiger partial charge in [0, 0.05) is 16.6 Å². The summed E-state index contributed by atoms with van der Waals surface area (Å²) in [4.78, 5) is 0. The second-order valence-corrected chi connectivity index (χ2v) is 5.40. The summed E-state index contributed by atoms with van der Waals surface area (Å²) in [6, 6.07) is 11.8. The van der Waals surface area contributed by atoms with Crippen molar-refractivity contribution in [3.63, 3.8) is 0 Å². The summed E-state index contributed by atoms with van der Waals surface area (Å²) in [6.07, 6.45) is 0. The fourth-order valence-electron chi connectivity index (χ4n) is 1.81. The molecule has 3 N–H and O–H groups in total. The molecule has 0 aliphatic carbocycles. The minimum absolute atomic E-state index is 0.262. The van der Waals surface area contributed by atoms with Crippen LogP contribution in [-0.2, 0) is 0 Å². The molecule has 2 rings (SSSR count). The summed E-state index contributed by atoms with van der Waals surface area (Å²) in [5, 5.41) is 3.74. The molecular weight excluding hydrogens is 331 g/mol. The van der Waals surface area contributed by atoms with Crippen molar-refractivity contribution in [2.24, 2.45) is 5.73 Å². The lowest BCUT2D eigenvalue weighted by atomic mass is 10.1. The van der Waals surface area contributed by atoms with Gasteiger partial charge in [0.25, 0.3) is 0 Å². The molecule has 2 nitrogen and oxygen atoms in total. The van der Waals surface area contributed by atoms with Gasteiger partial charge < -0.3 is 11.1 Å². The Bertz CT molecular complexity index is 577. The van der Waals surface area contributed by atoms with Gasteiger partial charge in [-0.25, -0.2) is 4.39 Å². The first-order valence-corrected chi connectivity index (χ1v) is 6.95. The zero-order chi connectivity index (χ0) is 13.8. The Labute approximate surface area is 124 Å². The van der Waals surface area contributed by atoms with Gasteiger partial charge in [-0.2, -0.15) is 0 Å². The Morgan fingerprint density at radius 1 is 1.26 bits per heavy atom. The molecular formula is C14H13BrClFN2. The third-order valence-corrected chi connectivity index (χ3v) is 3.60. The monoisotopic (exact) mass is 342 g/mol. The second kappa shape index (κ2) is 6.37. The molecule has 0 saturated carbocycles. The van der Waals surface area contributed by atoms with E-state index in [0.717, 1.165) is 10.2 Å². The molecule has 5 heteroatoms. The van der Waals surface area contributed by atoms with Crippen LogP contribution in [0.25, 0.3) is 0 Å². The van der Waals surface area contributed by atoms with Gasteiger partial charge in [0.1, 0.15) is 5.82 Å². The summed E-state index contributed by atoms with van der Waals surface area (Å²) >= 11 is 9.41. The maximum Gasteiger partial charge on any atom is 0.128 e. The van der Waals surface area contributed by atoms with Crippen LogP contribution in [0.5, 0.6) is 0 Å². The van der Waals surface area contributed by atoms with Gasteiger partial charge in [-0.05, 0) is 30.3 Å². The zero-order valence-corrected chi connectivity index (χ0v) is 12.4. The van der Waals surface area contributed by atoms with Crippen LogP contribution < -0.4 is 11.1 Å². The number of rotatable bonds is 4. The first kappa shape index (κ1) is 14.3. The fraction of sp³-hybridized carbons (Fsp3) is 0.143. The van der Waals surface area contributed by atoms with E-state index in [2.05, 4.69) is 21.2 Å². The van der Waals surface area contributed by atoms with Crippen LogP contribution in [0.2, 0.25) is 5.02 Å². The van der Waals surface area contributed by atoms with Crippen LogP contribution in [-0.4, -0.2) is 6.54 Å². The van der Waals surface area contributed by atoms with Gasteiger partial charge in [0.05, 0.1) is 16.8 Å². The highest BCUT2D eigenvalue weighted by atomic mass is 79.9. The van der Waals surface area contributed by atoms with Crippen molar-refractivity contribution in [2.75, 3.05) is 11.9 Å². The molecule has 0 aliphatic rings. The average molecular weight is 344 g/mol. The molecule has 0 amide bonds. The smallest absolute Gasteiger partial charge is 0.128 e. The molecule has 0 heterocycles. The molecule has 0 spiro atoms. The van der Waals surface area contributed by atoms with Gasteiger partial charge in [-0.15, -0.1) is 0 Å². The largest absolute Gasteiger partial charge is 0.376 e. The summed E-state index contributed by atoms with van der Waals surface area (Å²) in [6.45, 7) is 0.262. The summed E-state index contributed by atoms with van der Waals surface area (Å²) in [5.41, 5.74) is 6.98. The number of hydrogen-bond donors (Lipinski definition) is 2. The minimum Gasteiger partial charge on any atom is -0.376 e. The maximum absolute atomic E-state index is 13.9. The van der Waals surface area contributed by atoms with E-state index >= 15 is 0 Å². The third-order valence-electron chi connectivity index (χ3n) is 2.77. The van der Waals surface area contributed by atoms with Crippen molar-refractivity contribution in [3.8, 4) is 0 Å². The molecule has 0 fully saturated rings. The number of anilines is 1. The number of halogens is 3. The Morgan fingerprint density at radius 2 is 2.00 bits per heavy atom. The maximum atomic E-state index is 13.9. The van der Waals surface area contributed by atoms with E-state index in [-0.39, 0.29) is 18.4 Å². The number of nitrogens with one attached hydrogen (secondary N) is 1. The van der Waals surface area contributed by atoms with E-state index in [0.29, 0.717) is 10.6 Å². The molecule has 0 aliphatic heterocycles.